The monoisotopic (exact) mass is 404 g/mol. The fourth-order valence-corrected chi connectivity index (χ4v) is 2.20. The van der Waals surface area contributed by atoms with Crippen molar-refractivity contribution in [2.24, 2.45) is 11.1 Å². The van der Waals surface area contributed by atoms with Crippen molar-refractivity contribution in [1.29, 1.82) is 0 Å². The van der Waals surface area contributed by atoms with Gasteiger partial charge >= 0.3 is 0 Å². The maximum atomic E-state index is 9.09. The van der Waals surface area contributed by atoms with Gasteiger partial charge in [0.05, 0.1) is 13.2 Å². The average molecular weight is 405 g/mol. The fraction of sp³-hybridized carbons (Fsp3) is 0.412. The lowest BCUT2D eigenvalue weighted by Gasteiger charge is -2.33. The predicted molar refractivity (Wildman–Crippen MR) is 110 cm³/mol. The molecule has 1 aromatic rings. The first-order chi connectivity index (χ1) is 11.5. The van der Waals surface area contributed by atoms with E-state index in [0.717, 1.165) is 11.3 Å². The molecule has 140 valence electrons. The summed E-state index contributed by atoms with van der Waals surface area (Å²) in [7, 11) is 1.66. The highest BCUT2D eigenvalue weighted by Crippen LogP contribution is 2.37. The smallest absolute Gasteiger partial charge is 0.273 e. The third-order valence-corrected chi connectivity index (χ3v) is 3.28. The minimum atomic E-state index is -0.639. The van der Waals surface area contributed by atoms with Crippen LogP contribution >= 0.6 is 36.4 Å². The highest BCUT2D eigenvalue weighted by molar-refractivity contribution is 7.96. The van der Waals surface area contributed by atoms with E-state index < -0.39 is 5.24 Å². The average Bonchev–Trinajstić information content (AvgIpc) is 2.49. The molecule has 0 fully saturated rings. The Morgan fingerprint density at radius 2 is 1.96 bits per heavy atom. The van der Waals surface area contributed by atoms with Gasteiger partial charge in [-0.2, -0.15) is 0 Å². The Morgan fingerprint density at radius 3 is 2.40 bits per heavy atom. The predicted octanol–water partition coefficient (Wildman–Crippen LogP) is 4.42. The molecule has 0 radical (unpaired) electrons. The summed E-state index contributed by atoms with van der Waals surface area (Å²) in [5, 5.41) is 3.29. The number of amides is 1. The van der Waals surface area contributed by atoms with E-state index in [1.54, 1.807) is 7.11 Å². The van der Waals surface area contributed by atoms with Gasteiger partial charge < -0.3 is 20.5 Å². The van der Waals surface area contributed by atoms with Crippen LogP contribution in [0.3, 0.4) is 0 Å². The van der Waals surface area contributed by atoms with Crippen molar-refractivity contribution >= 4 is 46.9 Å². The van der Waals surface area contributed by atoms with Crippen LogP contribution in [-0.2, 0) is 4.74 Å². The van der Waals surface area contributed by atoms with Crippen LogP contribution in [0.2, 0.25) is 0 Å². The van der Waals surface area contributed by atoms with Crippen LogP contribution in [0.4, 0.5) is 4.79 Å². The Kier molecular flexibility index (Phi) is 10.6. The van der Waals surface area contributed by atoms with Crippen molar-refractivity contribution in [2.75, 3.05) is 13.7 Å². The second kappa shape index (κ2) is 11.2. The van der Waals surface area contributed by atoms with Crippen molar-refractivity contribution in [1.82, 2.24) is 5.32 Å². The largest absolute Gasteiger partial charge is 0.496 e. The molecule has 0 saturated carbocycles. The van der Waals surface area contributed by atoms with Crippen molar-refractivity contribution in [3.05, 3.63) is 41.4 Å². The summed E-state index contributed by atoms with van der Waals surface area (Å²) in [6.45, 7) is 10.1. The summed E-state index contributed by atoms with van der Waals surface area (Å²) in [4.78, 5) is 9.09. The van der Waals surface area contributed by atoms with Gasteiger partial charge in [-0.3, -0.25) is 4.79 Å². The van der Waals surface area contributed by atoms with Gasteiger partial charge in [-0.25, -0.2) is 0 Å². The van der Waals surface area contributed by atoms with Crippen molar-refractivity contribution in [2.45, 2.75) is 26.8 Å². The molecule has 0 bridgehead atoms. The zero-order chi connectivity index (χ0) is 19.6. The van der Waals surface area contributed by atoms with Crippen molar-refractivity contribution in [3.8, 4) is 5.75 Å². The molecule has 25 heavy (non-hydrogen) atoms. The summed E-state index contributed by atoms with van der Waals surface area (Å²) < 4.78 is 10.8. The van der Waals surface area contributed by atoms with E-state index in [0.29, 0.717) is 10.2 Å². The zero-order valence-electron chi connectivity index (χ0n) is 14.8. The molecule has 1 atom stereocenters. The number of halogens is 1. The highest BCUT2D eigenvalue weighted by atomic mass is 35.5. The number of carbonyl (C=O) groups excluding carboxylic acids is 1. The van der Waals surface area contributed by atoms with Crippen LogP contribution in [-0.4, -0.2) is 24.1 Å². The highest BCUT2D eigenvalue weighted by Gasteiger charge is 2.29. The van der Waals surface area contributed by atoms with Crippen LogP contribution in [0.25, 0.3) is 0 Å². The lowest BCUT2D eigenvalue weighted by atomic mass is 9.82. The minimum absolute atomic E-state index is 0.0512. The van der Waals surface area contributed by atoms with Crippen LogP contribution in [0.5, 0.6) is 5.75 Å². The number of nitrogens with one attached hydrogen (secondary N) is 1. The number of ether oxygens (including phenoxy) is 2. The van der Waals surface area contributed by atoms with Crippen LogP contribution < -0.4 is 15.8 Å². The molecule has 0 aliphatic heterocycles. The quantitative estimate of drug-likeness (QED) is 0.500. The van der Waals surface area contributed by atoms with Crippen molar-refractivity contribution in [3.63, 3.8) is 0 Å². The van der Waals surface area contributed by atoms with Gasteiger partial charge in [0.1, 0.15) is 12.4 Å². The second-order valence-electron chi connectivity index (χ2n) is 6.12. The van der Waals surface area contributed by atoms with Gasteiger partial charge in [0.2, 0.25) is 0 Å². The summed E-state index contributed by atoms with van der Waals surface area (Å²) in [5.41, 5.74) is 5.28. The molecule has 0 aromatic heterocycles. The van der Waals surface area contributed by atoms with E-state index in [-0.39, 0.29) is 18.1 Å². The molecule has 1 aromatic carbocycles. The van der Waals surface area contributed by atoms with E-state index >= 15 is 0 Å². The molecule has 1 rings (SSSR count). The van der Waals surface area contributed by atoms with E-state index in [1.807, 2.05) is 24.3 Å². The molecule has 0 aliphatic carbocycles. The number of thiocarbonyl (C=S) groups is 1. The number of rotatable bonds is 5. The number of primary amides is 1. The normalized spacial score (nSPS) is 11.4. The molecule has 1 unspecified atom stereocenters. The summed E-state index contributed by atoms with van der Waals surface area (Å²) in [5.74, 6) is 0.814. The number of methoxy groups -OCH3 is 1. The molecule has 5 nitrogen and oxygen atoms in total. The zero-order valence-corrected chi connectivity index (χ0v) is 17.3. The Labute approximate surface area is 165 Å². The Bertz CT molecular complexity index is 600. The number of hydrogen-bond acceptors (Lipinski definition) is 4. The maximum Gasteiger partial charge on any atom is 0.273 e. The summed E-state index contributed by atoms with van der Waals surface area (Å²) in [6, 6.07) is 7.81. The Morgan fingerprint density at radius 1 is 1.44 bits per heavy atom. The molecule has 0 spiro atoms. The number of thiol groups is 1. The maximum absolute atomic E-state index is 9.09. The van der Waals surface area contributed by atoms with Gasteiger partial charge in [-0.05, 0) is 23.7 Å². The first-order valence-electron chi connectivity index (χ1n) is 7.37. The standard InChI is InChI=1S/C16H22ClNO2S.CH3NOS/c1-11(17)10-20-15(21)18-14(16(2,3)4)12-8-6-7-9-13(12)19-5;2-1(3)4/h6-9,14H,1,10H2,2-5H3,(H,18,21);(H3,2,3,4). The Hall–Kier alpha value is -1.44. The van der Waals surface area contributed by atoms with Gasteiger partial charge in [0.25, 0.3) is 10.4 Å². The van der Waals surface area contributed by atoms with Crippen LogP contribution in [0, 0.1) is 5.41 Å². The van der Waals surface area contributed by atoms with E-state index in [2.05, 4.69) is 51.0 Å². The van der Waals surface area contributed by atoms with Gasteiger partial charge in [0.15, 0.2) is 0 Å². The number of para-hydroxylation sites is 1. The summed E-state index contributed by atoms with van der Waals surface area (Å²) in [6.07, 6.45) is 0. The van der Waals surface area contributed by atoms with E-state index in [4.69, 9.17) is 38.1 Å². The molecular weight excluding hydrogens is 380 g/mol. The summed E-state index contributed by atoms with van der Waals surface area (Å²) >= 11 is 14.0. The van der Waals surface area contributed by atoms with Crippen molar-refractivity contribution < 1.29 is 14.3 Å². The number of nitrogens with two attached hydrogens (primary N) is 1. The van der Waals surface area contributed by atoms with Gasteiger partial charge in [-0.1, -0.05) is 69.8 Å². The lowest BCUT2D eigenvalue weighted by molar-refractivity contribution is 0.263. The molecular formula is C17H25ClN2O3S2. The van der Waals surface area contributed by atoms with E-state index in [9.17, 15) is 0 Å². The van der Waals surface area contributed by atoms with E-state index in [1.165, 1.54) is 0 Å². The molecule has 0 aliphatic rings. The third-order valence-electron chi connectivity index (χ3n) is 2.94. The number of carbonyl (C=O) groups is 1. The molecule has 0 saturated heterocycles. The van der Waals surface area contributed by atoms with Crippen LogP contribution in [0.1, 0.15) is 32.4 Å². The molecule has 8 heteroatoms. The SMILES string of the molecule is C=C(Cl)COC(=S)NC(c1ccccc1OC)C(C)(C)C.NC(=O)S. The first-order valence-corrected chi connectivity index (χ1v) is 8.60. The number of hydrogen-bond donors (Lipinski definition) is 3. The first kappa shape index (κ1) is 23.6. The Balaban J connectivity index is 0.00000129. The van der Waals surface area contributed by atoms with Gasteiger partial charge in [-0.15, -0.1) is 0 Å². The second-order valence-corrected chi connectivity index (χ2v) is 7.46. The van der Waals surface area contributed by atoms with Gasteiger partial charge in [0, 0.05) is 10.6 Å². The van der Waals surface area contributed by atoms with Crippen LogP contribution in [0.15, 0.2) is 35.9 Å². The minimum Gasteiger partial charge on any atom is -0.496 e. The number of benzene rings is 1. The lowest BCUT2D eigenvalue weighted by Crippen LogP contribution is -2.37. The molecule has 1 amide bonds. The third kappa shape index (κ3) is 10.2. The topological polar surface area (TPSA) is 73.6 Å². The molecule has 3 N–H and O–H groups in total. The molecule has 0 heterocycles. The fourth-order valence-electron chi connectivity index (χ4n) is 1.97.